The first-order valence-electron chi connectivity index (χ1n) is 2.27. The SMILES string of the molecule is C=CCC1([CH2+])C#C1. The van der Waals surface area contributed by atoms with E-state index in [9.17, 15) is 0 Å². The predicted octanol–water partition coefficient (Wildman–Crippen LogP) is 1.40. The smallest absolute Gasteiger partial charge is 0.103 e. The van der Waals surface area contributed by atoms with Crippen LogP contribution in [0, 0.1) is 24.2 Å². The number of allylic oxidation sites excluding steroid dienone is 1. The van der Waals surface area contributed by atoms with Gasteiger partial charge in [0.25, 0.3) is 0 Å². The third-order valence-electron chi connectivity index (χ3n) is 0.971. The molecule has 0 heteroatoms. The average molecular weight is 91.1 g/mol. The highest BCUT2D eigenvalue weighted by Crippen LogP contribution is 2.27. The van der Waals surface area contributed by atoms with Crippen molar-refractivity contribution in [1.82, 2.24) is 0 Å². The van der Waals surface area contributed by atoms with Crippen LogP contribution in [0.5, 0.6) is 0 Å². The summed E-state index contributed by atoms with van der Waals surface area (Å²) in [6, 6.07) is 0. The minimum atomic E-state index is -0.0677. The maximum absolute atomic E-state index is 3.78. The maximum atomic E-state index is 3.78. The highest BCUT2D eigenvalue weighted by Gasteiger charge is 2.34. The zero-order valence-corrected chi connectivity index (χ0v) is 4.20. The Hall–Kier alpha value is -0.830. The van der Waals surface area contributed by atoms with E-state index in [-0.39, 0.29) is 5.41 Å². The zero-order chi connectivity index (χ0) is 5.33. The van der Waals surface area contributed by atoms with Gasteiger partial charge in [0.15, 0.2) is 0 Å². The van der Waals surface area contributed by atoms with Gasteiger partial charge in [-0.3, -0.25) is 0 Å². The first-order valence-corrected chi connectivity index (χ1v) is 2.27. The highest BCUT2D eigenvalue weighted by atomic mass is 14.2. The molecule has 0 spiro atoms. The summed E-state index contributed by atoms with van der Waals surface area (Å²) in [4.78, 5) is 0. The second-order valence-corrected chi connectivity index (χ2v) is 1.82. The van der Waals surface area contributed by atoms with Crippen molar-refractivity contribution >= 4 is 0 Å². The fraction of sp³-hybridized carbons (Fsp3) is 0.286. The Morgan fingerprint density at radius 3 is 2.43 bits per heavy atom. The van der Waals surface area contributed by atoms with E-state index in [2.05, 4.69) is 25.3 Å². The van der Waals surface area contributed by atoms with Crippen molar-refractivity contribution in [1.29, 1.82) is 0 Å². The lowest BCUT2D eigenvalue weighted by Gasteiger charge is -1.89. The van der Waals surface area contributed by atoms with E-state index in [1.54, 1.807) is 0 Å². The standard InChI is InChI=1S/C7H7/c1-3-4-7(2)5-6-7/h3H,1-2,4H2/q+1. The van der Waals surface area contributed by atoms with Crippen molar-refractivity contribution in [3.8, 4) is 11.8 Å². The molecule has 1 rings (SSSR count). The fourth-order valence-electron chi connectivity index (χ4n) is 0.437. The molecule has 0 atom stereocenters. The summed E-state index contributed by atoms with van der Waals surface area (Å²) in [5.74, 6) is 5.76. The van der Waals surface area contributed by atoms with Gasteiger partial charge in [-0.25, -0.2) is 0 Å². The normalized spacial score (nSPS) is 19.4. The van der Waals surface area contributed by atoms with Crippen LogP contribution >= 0.6 is 0 Å². The zero-order valence-electron chi connectivity index (χ0n) is 4.20. The van der Waals surface area contributed by atoms with Crippen LogP contribution in [0.15, 0.2) is 12.7 Å². The summed E-state index contributed by atoms with van der Waals surface area (Å²) in [5.41, 5.74) is -0.0677. The first kappa shape index (κ1) is 4.33. The van der Waals surface area contributed by atoms with Gasteiger partial charge in [0.2, 0.25) is 5.41 Å². The Balaban J connectivity index is 2.29. The molecule has 0 unspecified atom stereocenters. The molecular weight excluding hydrogens is 84.1 g/mol. The van der Waals surface area contributed by atoms with Gasteiger partial charge in [-0.15, -0.1) is 6.58 Å². The van der Waals surface area contributed by atoms with Gasteiger partial charge in [0.1, 0.15) is 0 Å². The lowest BCUT2D eigenvalue weighted by Crippen LogP contribution is -1.94. The van der Waals surface area contributed by atoms with Gasteiger partial charge in [-0.1, -0.05) is 6.08 Å². The Morgan fingerprint density at radius 1 is 1.71 bits per heavy atom. The number of hydrogen-bond acceptors (Lipinski definition) is 0. The third-order valence-corrected chi connectivity index (χ3v) is 0.971. The third kappa shape index (κ3) is 0.778. The van der Waals surface area contributed by atoms with Crippen molar-refractivity contribution in [2.45, 2.75) is 6.42 Å². The largest absolute Gasteiger partial charge is 0.228 e. The summed E-state index contributed by atoms with van der Waals surface area (Å²) < 4.78 is 0. The molecule has 1 aliphatic carbocycles. The van der Waals surface area contributed by atoms with Crippen LogP contribution in [0.1, 0.15) is 6.42 Å². The van der Waals surface area contributed by atoms with Crippen LogP contribution in [-0.2, 0) is 0 Å². The molecule has 0 saturated heterocycles. The highest BCUT2D eigenvalue weighted by molar-refractivity contribution is 5.42. The Labute approximate surface area is 44.2 Å². The van der Waals surface area contributed by atoms with Crippen LogP contribution in [0.4, 0.5) is 0 Å². The van der Waals surface area contributed by atoms with Crippen LogP contribution in [0.3, 0.4) is 0 Å². The molecule has 34 valence electrons. The van der Waals surface area contributed by atoms with Crippen molar-refractivity contribution in [3.05, 3.63) is 19.6 Å². The summed E-state index contributed by atoms with van der Waals surface area (Å²) in [5, 5.41) is 0. The van der Waals surface area contributed by atoms with Gasteiger partial charge in [-0.05, 0) is 11.8 Å². The van der Waals surface area contributed by atoms with Gasteiger partial charge in [0, 0.05) is 6.42 Å². The predicted molar refractivity (Wildman–Crippen MR) is 30.4 cm³/mol. The molecule has 0 aromatic carbocycles. The minimum Gasteiger partial charge on any atom is -0.103 e. The number of rotatable bonds is 2. The molecule has 0 amide bonds. The summed E-state index contributed by atoms with van der Waals surface area (Å²) in [7, 11) is 0. The fourth-order valence-corrected chi connectivity index (χ4v) is 0.437. The van der Waals surface area contributed by atoms with Gasteiger partial charge < -0.3 is 0 Å². The van der Waals surface area contributed by atoms with Crippen molar-refractivity contribution in [2.24, 2.45) is 5.41 Å². The Morgan fingerprint density at radius 2 is 2.29 bits per heavy atom. The topological polar surface area (TPSA) is 0 Å². The Bertz CT molecular complexity index is 135. The maximum Gasteiger partial charge on any atom is 0.228 e. The summed E-state index contributed by atoms with van der Waals surface area (Å²) >= 11 is 0. The number of hydrogen-bond donors (Lipinski definition) is 0. The van der Waals surface area contributed by atoms with Gasteiger partial charge in [0.05, 0.1) is 6.92 Å². The van der Waals surface area contributed by atoms with Crippen LogP contribution in [0.2, 0.25) is 0 Å². The minimum absolute atomic E-state index is 0.0677. The molecule has 7 heavy (non-hydrogen) atoms. The lowest BCUT2D eigenvalue weighted by molar-refractivity contribution is 0.757. The van der Waals surface area contributed by atoms with E-state index in [0.29, 0.717) is 0 Å². The van der Waals surface area contributed by atoms with E-state index in [1.165, 1.54) is 0 Å². The van der Waals surface area contributed by atoms with E-state index in [1.807, 2.05) is 6.08 Å². The molecule has 0 heterocycles. The van der Waals surface area contributed by atoms with Gasteiger partial charge >= 0.3 is 0 Å². The van der Waals surface area contributed by atoms with E-state index < -0.39 is 0 Å². The molecule has 0 N–H and O–H groups in total. The second kappa shape index (κ2) is 1.07. The monoisotopic (exact) mass is 91.1 g/mol. The molecule has 1 aliphatic rings. The molecule has 0 nitrogen and oxygen atoms in total. The molecule has 0 saturated carbocycles. The van der Waals surface area contributed by atoms with E-state index in [0.717, 1.165) is 6.42 Å². The molecule has 0 radical (unpaired) electrons. The van der Waals surface area contributed by atoms with Crippen molar-refractivity contribution < 1.29 is 0 Å². The summed E-state index contributed by atoms with van der Waals surface area (Å²) in [6.07, 6.45) is 2.72. The van der Waals surface area contributed by atoms with E-state index in [4.69, 9.17) is 0 Å². The summed E-state index contributed by atoms with van der Waals surface area (Å²) in [6.45, 7) is 7.34. The van der Waals surface area contributed by atoms with Crippen LogP contribution in [0.25, 0.3) is 0 Å². The Kier molecular flexibility index (Phi) is 0.662. The van der Waals surface area contributed by atoms with Crippen molar-refractivity contribution in [2.75, 3.05) is 0 Å². The van der Waals surface area contributed by atoms with Gasteiger partial charge in [-0.2, -0.15) is 0 Å². The lowest BCUT2D eigenvalue weighted by atomic mass is 10.0. The molecule has 0 bridgehead atoms. The second-order valence-electron chi connectivity index (χ2n) is 1.82. The van der Waals surface area contributed by atoms with Crippen molar-refractivity contribution in [3.63, 3.8) is 0 Å². The quantitative estimate of drug-likeness (QED) is 0.274. The van der Waals surface area contributed by atoms with Crippen LogP contribution < -0.4 is 0 Å². The molecule has 0 fully saturated rings. The first-order chi connectivity index (χ1) is 3.27. The van der Waals surface area contributed by atoms with E-state index >= 15 is 0 Å². The average Bonchev–Trinajstić information content (AvgIpc) is 2.22. The molecule has 0 aliphatic heterocycles. The van der Waals surface area contributed by atoms with Crippen LogP contribution in [-0.4, -0.2) is 0 Å². The molecule has 0 aromatic rings. The molecular formula is C7H7+. The molecule has 0 aromatic heterocycles.